The van der Waals surface area contributed by atoms with Crippen molar-refractivity contribution in [2.24, 2.45) is 11.7 Å². The molecule has 0 unspecified atom stereocenters. The van der Waals surface area contributed by atoms with Gasteiger partial charge in [0, 0.05) is 4.47 Å². The number of halogens is 1. The second-order valence-electron chi connectivity index (χ2n) is 4.29. The molecule has 1 rings (SSSR count). The second-order valence-corrected chi connectivity index (χ2v) is 5.14. The average molecular weight is 272 g/mol. The van der Waals surface area contributed by atoms with E-state index < -0.39 is 6.10 Å². The van der Waals surface area contributed by atoms with E-state index in [0.29, 0.717) is 0 Å². The standard InChI is InChI=1S/C12H18BrNO/c1-7(2)12(15)11(14)9-5-4-8(3)6-10(9)13/h4-7,11-12,15H,14H2,1-3H3/t11-,12+/m0/s1. The van der Waals surface area contributed by atoms with Crippen molar-refractivity contribution in [2.45, 2.75) is 32.9 Å². The molecule has 15 heavy (non-hydrogen) atoms. The summed E-state index contributed by atoms with van der Waals surface area (Å²) in [5, 5.41) is 9.90. The quantitative estimate of drug-likeness (QED) is 0.888. The summed E-state index contributed by atoms with van der Waals surface area (Å²) < 4.78 is 0.967. The Morgan fingerprint density at radius 1 is 1.33 bits per heavy atom. The summed E-state index contributed by atoms with van der Waals surface area (Å²) in [5.41, 5.74) is 8.15. The summed E-state index contributed by atoms with van der Waals surface area (Å²) in [6, 6.07) is 5.66. The summed E-state index contributed by atoms with van der Waals surface area (Å²) in [4.78, 5) is 0. The molecule has 0 aromatic heterocycles. The molecule has 0 spiro atoms. The molecule has 0 aliphatic carbocycles. The zero-order chi connectivity index (χ0) is 11.6. The Balaban J connectivity index is 2.96. The zero-order valence-electron chi connectivity index (χ0n) is 9.37. The Kier molecular flexibility index (Phi) is 4.32. The van der Waals surface area contributed by atoms with E-state index in [-0.39, 0.29) is 12.0 Å². The maximum atomic E-state index is 9.90. The first-order valence-corrected chi connectivity index (χ1v) is 5.92. The van der Waals surface area contributed by atoms with Crippen LogP contribution in [-0.4, -0.2) is 11.2 Å². The van der Waals surface area contributed by atoms with Gasteiger partial charge in [-0.1, -0.05) is 41.9 Å². The van der Waals surface area contributed by atoms with E-state index in [4.69, 9.17) is 5.73 Å². The Morgan fingerprint density at radius 2 is 1.93 bits per heavy atom. The Labute approximate surface area is 99.6 Å². The van der Waals surface area contributed by atoms with Gasteiger partial charge in [-0.15, -0.1) is 0 Å². The molecule has 1 aromatic rings. The third kappa shape index (κ3) is 3.03. The largest absolute Gasteiger partial charge is 0.391 e. The van der Waals surface area contributed by atoms with Crippen LogP contribution in [-0.2, 0) is 0 Å². The average Bonchev–Trinajstić information content (AvgIpc) is 2.15. The second kappa shape index (κ2) is 5.10. The van der Waals surface area contributed by atoms with Crippen molar-refractivity contribution in [2.75, 3.05) is 0 Å². The van der Waals surface area contributed by atoms with Crippen LogP contribution >= 0.6 is 15.9 Å². The van der Waals surface area contributed by atoms with E-state index >= 15 is 0 Å². The van der Waals surface area contributed by atoms with Crippen LogP contribution in [0.15, 0.2) is 22.7 Å². The number of hydrogen-bond acceptors (Lipinski definition) is 2. The van der Waals surface area contributed by atoms with Crippen LogP contribution in [0.25, 0.3) is 0 Å². The van der Waals surface area contributed by atoms with Crippen LogP contribution in [0, 0.1) is 12.8 Å². The first-order valence-electron chi connectivity index (χ1n) is 5.13. The molecule has 3 heteroatoms. The molecular weight excluding hydrogens is 254 g/mol. The van der Waals surface area contributed by atoms with E-state index in [2.05, 4.69) is 15.9 Å². The molecule has 84 valence electrons. The van der Waals surface area contributed by atoms with Gasteiger partial charge in [-0.2, -0.15) is 0 Å². The fraction of sp³-hybridized carbons (Fsp3) is 0.500. The van der Waals surface area contributed by atoms with Crippen molar-refractivity contribution in [1.82, 2.24) is 0 Å². The predicted octanol–water partition coefficient (Wildman–Crippen LogP) is 2.77. The van der Waals surface area contributed by atoms with E-state index in [1.54, 1.807) is 0 Å². The minimum absolute atomic E-state index is 0.160. The highest BCUT2D eigenvalue weighted by Gasteiger charge is 2.21. The topological polar surface area (TPSA) is 46.2 Å². The van der Waals surface area contributed by atoms with E-state index in [9.17, 15) is 5.11 Å². The summed E-state index contributed by atoms with van der Waals surface area (Å²) in [7, 11) is 0. The van der Waals surface area contributed by atoms with Gasteiger partial charge in [0.25, 0.3) is 0 Å². The summed E-state index contributed by atoms with van der Waals surface area (Å²) >= 11 is 3.47. The molecule has 0 saturated carbocycles. The van der Waals surface area contributed by atoms with Crippen molar-refractivity contribution in [3.63, 3.8) is 0 Å². The number of benzene rings is 1. The first-order chi connectivity index (χ1) is 6.93. The zero-order valence-corrected chi connectivity index (χ0v) is 11.0. The lowest BCUT2D eigenvalue weighted by molar-refractivity contribution is 0.0977. The normalized spacial score (nSPS) is 15.4. The summed E-state index contributed by atoms with van der Waals surface area (Å²) in [6.45, 7) is 5.96. The van der Waals surface area contributed by atoms with Gasteiger partial charge in [-0.3, -0.25) is 0 Å². The van der Waals surface area contributed by atoms with Crippen molar-refractivity contribution < 1.29 is 5.11 Å². The molecule has 2 nitrogen and oxygen atoms in total. The van der Waals surface area contributed by atoms with Gasteiger partial charge in [0.15, 0.2) is 0 Å². The van der Waals surface area contributed by atoms with Gasteiger partial charge < -0.3 is 10.8 Å². The molecule has 0 radical (unpaired) electrons. The van der Waals surface area contributed by atoms with Crippen molar-refractivity contribution in [3.8, 4) is 0 Å². The number of hydrogen-bond donors (Lipinski definition) is 2. The number of rotatable bonds is 3. The molecule has 0 amide bonds. The van der Waals surface area contributed by atoms with E-state index in [0.717, 1.165) is 10.0 Å². The lowest BCUT2D eigenvalue weighted by atomic mass is 9.94. The third-order valence-corrected chi connectivity index (χ3v) is 3.25. The Morgan fingerprint density at radius 3 is 2.40 bits per heavy atom. The van der Waals surface area contributed by atoms with Gasteiger partial charge in [-0.05, 0) is 30.0 Å². The molecule has 0 bridgehead atoms. The lowest BCUT2D eigenvalue weighted by Gasteiger charge is -2.23. The third-order valence-electron chi connectivity index (χ3n) is 2.57. The highest BCUT2D eigenvalue weighted by molar-refractivity contribution is 9.10. The highest BCUT2D eigenvalue weighted by Crippen LogP contribution is 2.27. The number of nitrogens with two attached hydrogens (primary N) is 1. The van der Waals surface area contributed by atoms with Crippen LogP contribution in [0.5, 0.6) is 0 Å². The minimum Gasteiger partial charge on any atom is -0.391 e. The fourth-order valence-corrected chi connectivity index (χ4v) is 2.26. The highest BCUT2D eigenvalue weighted by atomic mass is 79.9. The number of aliphatic hydroxyl groups excluding tert-OH is 1. The van der Waals surface area contributed by atoms with Gasteiger partial charge in [-0.25, -0.2) is 0 Å². The van der Waals surface area contributed by atoms with Crippen LogP contribution < -0.4 is 5.73 Å². The molecule has 0 fully saturated rings. The molecule has 0 aliphatic rings. The van der Waals surface area contributed by atoms with Gasteiger partial charge in [0.05, 0.1) is 12.1 Å². The monoisotopic (exact) mass is 271 g/mol. The van der Waals surface area contributed by atoms with Crippen LogP contribution in [0.4, 0.5) is 0 Å². The lowest BCUT2D eigenvalue weighted by Crippen LogP contribution is -2.30. The number of aryl methyl sites for hydroxylation is 1. The van der Waals surface area contributed by atoms with Crippen LogP contribution in [0.1, 0.15) is 31.0 Å². The van der Waals surface area contributed by atoms with E-state index in [1.807, 2.05) is 39.0 Å². The van der Waals surface area contributed by atoms with Crippen LogP contribution in [0.2, 0.25) is 0 Å². The van der Waals surface area contributed by atoms with Crippen molar-refractivity contribution in [3.05, 3.63) is 33.8 Å². The first kappa shape index (κ1) is 12.7. The van der Waals surface area contributed by atoms with Gasteiger partial charge in [0.2, 0.25) is 0 Å². The SMILES string of the molecule is Cc1ccc([C@H](N)[C@H](O)C(C)C)c(Br)c1. The molecule has 0 heterocycles. The van der Waals surface area contributed by atoms with E-state index in [1.165, 1.54) is 5.56 Å². The minimum atomic E-state index is -0.510. The van der Waals surface area contributed by atoms with Crippen molar-refractivity contribution in [1.29, 1.82) is 0 Å². The molecule has 2 atom stereocenters. The molecule has 0 saturated heterocycles. The number of aliphatic hydroxyl groups is 1. The van der Waals surface area contributed by atoms with Gasteiger partial charge in [0.1, 0.15) is 0 Å². The molecule has 1 aromatic carbocycles. The predicted molar refractivity (Wildman–Crippen MR) is 66.7 cm³/mol. The van der Waals surface area contributed by atoms with Crippen molar-refractivity contribution >= 4 is 15.9 Å². The van der Waals surface area contributed by atoms with Crippen LogP contribution in [0.3, 0.4) is 0 Å². The smallest absolute Gasteiger partial charge is 0.0756 e. The summed E-state index contributed by atoms with van der Waals surface area (Å²) in [6.07, 6.45) is -0.510. The Hall–Kier alpha value is -0.380. The molecule has 0 aliphatic heterocycles. The molecular formula is C12H18BrNO. The van der Waals surface area contributed by atoms with Gasteiger partial charge >= 0.3 is 0 Å². The summed E-state index contributed by atoms with van der Waals surface area (Å²) in [5.74, 6) is 0.160. The maximum absolute atomic E-state index is 9.90. The maximum Gasteiger partial charge on any atom is 0.0756 e. The Bertz CT molecular complexity index is 338. The fourth-order valence-electron chi connectivity index (χ4n) is 1.50. The molecule has 3 N–H and O–H groups in total.